The SMILES string of the molecule is O=C(CC(Nc1ccccc1Cl)c1ccc([N+](=O)[O-])cc1)c1ccccc1. The van der Waals surface area contributed by atoms with Crippen molar-refractivity contribution >= 4 is 28.8 Å². The molecule has 0 bridgehead atoms. The standard InChI is InChI=1S/C21H17ClN2O3/c22-18-8-4-5-9-19(18)23-20(14-21(25)16-6-2-1-3-7-16)15-10-12-17(13-11-15)24(26)27/h1-13,20,23H,14H2. The monoisotopic (exact) mass is 380 g/mol. The number of para-hydroxylation sites is 1. The van der Waals surface area contributed by atoms with Crippen molar-refractivity contribution in [3.05, 3.63) is 105 Å². The second-order valence-electron chi connectivity index (χ2n) is 6.02. The van der Waals surface area contributed by atoms with E-state index in [1.54, 1.807) is 30.3 Å². The topological polar surface area (TPSA) is 72.2 Å². The van der Waals surface area contributed by atoms with E-state index in [-0.39, 0.29) is 23.9 Å². The molecule has 0 aliphatic rings. The Balaban J connectivity index is 1.89. The van der Waals surface area contributed by atoms with Crippen molar-refractivity contribution in [3.8, 4) is 0 Å². The van der Waals surface area contributed by atoms with Gasteiger partial charge in [-0.25, -0.2) is 0 Å². The van der Waals surface area contributed by atoms with E-state index < -0.39 is 4.92 Å². The Bertz CT molecular complexity index is 943. The molecule has 0 amide bonds. The number of nitro benzene ring substituents is 1. The van der Waals surface area contributed by atoms with E-state index in [0.717, 1.165) is 5.56 Å². The summed E-state index contributed by atoms with van der Waals surface area (Å²) < 4.78 is 0. The third-order valence-corrected chi connectivity index (χ3v) is 4.52. The molecule has 6 heteroatoms. The van der Waals surface area contributed by atoms with E-state index in [0.29, 0.717) is 16.3 Å². The number of rotatable bonds is 7. The quantitative estimate of drug-likeness (QED) is 0.325. The number of halogens is 1. The lowest BCUT2D eigenvalue weighted by molar-refractivity contribution is -0.384. The molecule has 5 nitrogen and oxygen atoms in total. The third-order valence-electron chi connectivity index (χ3n) is 4.20. The Labute approximate surface area is 161 Å². The minimum absolute atomic E-state index is 0.00429. The predicted molar refractivity (Wildman–Crippen MR) is 106 cm³/mol. The molecule has 3 rings (SSSR count). The zero-order valence-corrected chi connectivity index (χ0v) is 15.1. The minimum Gasteiger partial charge on any atom is -0.377 e. The van der Waals surface area contributed by atoms with Crippen LogP contribution < -0.4 is 5.32 Å². The largest absolute Gasteiger partial charge is 0.377 e. The van der Waals surface area contributed by atoms with Gasteiger partial charge in [0.15, 0.2) is 5.78 Å². The van der Waals surface area contributed by atoms with Crippen LogP contribution in [0.3, 0.4) is 0 Å². The first-order chi connectivity index (χ1) is 13.0. The average molecular weight is 381 g/mol. The fraction of sp³-hybridized carbons (Fsp3) is 0.0952. The van der Waals surface area contributed by atoms with Gasteiger partial charge in [-0.1, -0.05) is 66.2 Å². The van der Waals surface area contributed by atoms with E-state index in [1.807, 2.05) is 36.4 Å². The molecule has 0 heterocycles. The van der Waals surface area contributed by atoms with E-state index in [9.17, 15) is 14.9 Å². The van der Waals surface area contributed by atoms with Crippen molar-refractivity contribution < 1.29 is 9.72 Å². The van der Waals surface area contributed by atoms with Crippen LogP contribution in [0.4, 0.5) is 11.4 Å². The lowest BCUT2D eigenvalue weighted by atomic mass is 9.97. The molecule has 136 valence electrons. The lowest BCUT2D eigenvalue weighted by Gasteiger charge is -2.21. The number of benzene rings is 3. The number of anilines is 1. The number of nitro groups is 1. The molecular formula is C21H17ClN2O3. The number of hydrogen-bond acceptors (Lipinski definition) is 4. The van der Waals surface area contributed by atoms with Crippen LogP contribution in [-0.4, -0.2) is 10.7 Å². The Morgan fingerprint density at radius 2 is 1.59 bits per heavy atom. The maximum absolute atomic E-state index is 12.7. The van der Waals surface area contributed by atoms with E-state index in [1.165, 1.54) is 12.1 Å². The van der Waals surface area contributed by atoms with Crippen LogP contribution in [0.5, 0.6) is 0 Å². The summed E-state index contributed by atoms with van der Waals surface area (Å²) in [6.45, 7) is 0. The Hall–Kier alpha value is -3.18. The first-order valence-corrected chi connectivity index (χ1v) is 8.76. The zero-order valence-electron chi connectivity index (χ0n) is 14.3. The van der Waals surface area contributed by atoms with Gasteiger partial charge >= 0.3 is 0 Å². The van der Waals surface area contributed by atoms with Gasteiger partial charge in [0.05, 0.1) is 21.7 Å². The summed E-state index contributed by atoms with van der Waals surface area (Å²) in [5, 5.41) is 14.7. The first kappa shape index (κ1) is 18.6. The van der Waals surface area contributed by atoms with Crippen LogP contribution in [0.15, 0.2) is 78.9 Å². The summed E-state index contributed by atoms with van der Waals surface area (Å²) in [5.41, 5.74) is 2.09. The second kappa shape index (κ2) is 8.47. The Morgan fingerprint density at radius 1 is 0.963 bits per heavy atom. The van der Waals surface area contributed by atoms with E-state index in [2.05, 4.69) is 5.32 Å². The van der Waals surface area contributed by atoms with Crippen LogP contribution in [-0.2, 0) is 0 Å². The van der Waals surface area contributed by atoms with Crippen molar-refractivity contribution in [2.45, 2.75) is 12.5 Å². The van der Waals surface area contributed by atoms with E-state index >= 15 is 0 Å². The van der Waals surface area contributed by atoms with Crippen LogP contribution in [0, 0.1) is 10.1 Å². The Kier molecular flexibility index (Phi) is 5.84. The number of hydrogen-bond donors (Lipinski definition) is 1. The number of nitrogens with one attached hydrogen (secondary N) is 1. The number of non-ortho nitro benzene ring substituents is 1. The highest BCUT2D eigenvalue weighted by molar-refractivity contribution is 6.33. The predicted octanol–water partition coefficient (Wildman–Crippen LogP) is 5.67. The number of nitrogens with zero attached hydrogens (tertiary/aromatic N) is 1. The molecule has 0 aliphatic carbocycles. The minimum atomic E-state index is -0.449. The van der Waals surface area contributed by atoms with Crippen molar-refractivity contribution in [2.24, 2.45) is 0 Å². The molecule has 0 saturated heterocycles. The van der Waals surface area contributed by atoms with Crippen molar-refractivity contribution in [1.82, 2.24) is 0 Å². The molecule has 0 fully saturated rings. The van der Waals surface area contributed by atoms with Gasteiger partial charge in [-0.15, -0.1) is 0 Å². The highest BCUT2D eigenvalue weighted by Gasteiger charge is 2.19. The van der Waals surface area contributed by atoms with Crippen LogP contribution in [0.25, 0.3) is 0 Å². The maximum Gasteiger partial charge on any atom is 0.269 e. The van der Waals surface area contributed by atoms with Gasteiger partial charge in [-0.2, -0.15) is 0 Å². The molecule has 0 saturated carbocycles. The summed E-state index contributed by atoms with van der Waals surface area (Å²) in [6, 6.07) is 22.1. The number of carbonyl (C=O) groups is 1. The van der Waals surface area contributed by atoms with Crippen molar-refractivity contribution in [2.75, 3.05) is 5.32 Å². The molecule has 1 N–H and O–H groups in total. The zero-order chi connectivity index (χ0) is 19.2. The summed E-state index contributed by atoms with van der Waals surface area (Å²) in [5.74, 6) is -0.0292. The number of ketones is 1. The smallest absolute Gasteiger partial charge is 0.269 e. The van der Waals surface area contributed by atoms with Gasteiger partial charge in [0.1, 0.15) is 0 Å². The van der Waals surface area contributed by atoms with E-state index in [4.69, 9.17) is 11.6 Å². The van der Waals surface area contributed by atoms with Gasteiger partial charge in [-0.3, -0.25) is 14.9 Å². The molecule has 0 aliphatic heterocycles. The normalized spacial score (nSPS) is 11.6. The molecule has 27 heavy (non-hydrogen) atoms. The fourth-order valence-corrected chi connectivity index (χ4v) is 2.96. The first-order valence-electron chi connectivity index (χ1n) is 8.38. The van der Waals surface area contributed by atoms with Crippen LogP contribution in [0.2, 0.25) is 5.02 Å². The van der Waals surface area contributed by atoms with Crippen molar-refractivity contribution in [3.63, 3.8) is 0 Å². The summed E-state index contributed by atoms with van der Waals surface area (Å²) in [4.78, 5) is 23.1. The maximum atomic E-state index is 12.7. The average Bonchev–Trinajstić information content (AvgIpc) is 2.69. The molecular weight excluding hydrogens is 364 g/mol. The molecule has 3 aromatic carbocycles. The summed E-state index contributed by atoms with van der Waals surface area (Å²) in [7, 11) is 0. The molecule has 1 atom stereocenters. The molecule has 3 aromatic rings. The van der Waals surface area contributed by atoms with Gasteiger partial charge in [0, 0.05) is 24.1 Å². The van der Waals surface area contributed by atoms with Gasteiger partial charge in [0.25, 0.3) is 5.69 Å². The lowest BCUT2D eigenvalue weighted by Crippen LogP contribution is -2.16. The van der Waals surface area contributed by atoms with Gasteiger partial charge in [0.2, 0.25) is 0 Å². The van der Waals surface area contributed by atoms with Gasteiger partial charge < -0.3 is 5.32 Å². The van der Waals surface area contributed by atoms with Crippen LogP contribution in [0.1, 0.15) is 28.4 Å². The second-order valence-corrected chi connectivity index (χ2v) is 6.43. The molecule has 1 unspecified atom stereocenters. The highest BCUT2D eigenvalue weighted by Crippen LogP contribution is 2.29. The van der Waals surface area contributed by atoms with Crippen LogP contribution >= 0.6 is 11.6 Å². The number of carbonyl (C=O) groups excluding carboxylic acids is 1. The third kappa shape index (κ3) is 4.71. The van der Waals surface area contributed by atoms with Gasteiger partial charge in [-0.05, 0) is 17.7 Å². The molecule has 0 radical (unpaired) electrons. The summed E-state index contributed by atoms with van der Waals surface area (Å²) in [6.07, 6.45) is 0.188. The number of Topliss-reactive ketones (excluding diaryl/α,β-unsaturated/α-hetero) is 1. The molecule has 0 aromatic heterocycles. The fourth-order valence-electron chi connectivity index (χ4n) is 2.77. The Morgan fingerprint density at radius 3 is 2.22 bits per heavy atom. The highest BCUT2D eigenvalue weighted by atomic mass is 35.5. The summed E-state index contributed by atoms with van der Waals surface area (Å²) >= 11 is 6.24. The molecule has 0 spiro atoms. The van der Waals surface area contributed by atoms with Crippen molar-refractivity contribution in [1.29, 1.82) is 0 Å².